The fraction of sp³-hybridized carbons (Fsp3) is 0.0889. The molecule has 7 aromatic rings. The van der Waals surface area contributed by atoms with Crippen molar-refractivity contribution in [1.82, 2.24) is 9.88 Å². The zero-order valence-electron chi connectivity index (χ0n) is 29.4. The van der Waals surface area contributed by atoms with Gasteiger partial charge in [-0.05, 0) is 91.7 Å². The average Bonchev–Trinajstić information content (AvgIpc) is 3.51. The minimum Gasteiger partial charge on any atom is -0.341 e. The Balaban J connectivity index is 1.09. The second kappa shape index (κ2) is 15.9. The van der Waals surface area contributed by atoms with Crippen molar-refractivity contribution in [3.05, 3.63) is 180 Å². The van der Waals surface area contributed by atoms with Gasteiger partial charge < -0.3 is 20.5 Å². The van der Waals surface area contributed by atoms with Gasteiger partial charge in [0.05, 0.1) is 0 Å². The van der Waals surface area contributed by atoms with Crippen LogP contribution in [0.2, 0.25) is 0 Å². The van der Waals surface area contributed by atoms with Gasteiger partial charge in [-0.15, -0.1) is 11.8 Å². The molecule has 1 aromatic heterocycles. The first-order chi connectivity index (χ1) is 25.9. The number of anilines is 2. The monoisotopic (exact) mass is 714 g/mol. The molecule has 0 aliphatic heterocycles. The predicted octanol–water partition coefficient (Wildman–Crippen LogP) is 10.0. The van der Waals surface area contributed by atoms with E-state index in [4.69, 9.17) is 0 Å². The number of para-hydroxylation sites is 1. The molecule has 0 saturated carbocycles. The Bertz CT molecular complexity index is 2440. The van der Waals surface area contributed by atoms with Crippen LogP contribution in [0.1, 0.15) is 39.2 Å². The first-order valence-corrected chi connectivity index (χ1v) is 18.3. The molecule has 3 N–H and O–H groups in total. The molecule has 1 heterocycles. The Hall–Kier alpha value is -6.38. The number of rotatable bonds is 11. The fourth-order valence-electron chi connectivity index (χ4n) is 6.30. The van der Waals surface area contributed by atoms with Crippen molar-refractivity contribution in [3.63, 3.8) is 0 Å². The number of fused-ring (bicyclic) bond motifs is 3. The van der Waals surface area contributed by atoms with E-state index in [1.54, 1.807) is 42.5 Å². The van der Waals surface area contributed by atoms with E-state index < -0.39 is 11.2 Å². The molecule has 0 bridgehead atoms. The normalized spacial score (nSPS) is 12.0. The number of nitrogens with one attached hydrogen (secondary N) is 3. The lowest BCUT2D eigenvalue weighted by molar-refractivity contribution is -0.116. The second-order valence-electron chi connectivity index (χ2n) is 12.7. The summed E-state index contributed by atoms with van der Waals surface area (Å²) < 4.78 is 2.28. The van der Waals surface area contributed by atoms with Crippen LogP contribution >= 0.6 is 11.8 Å². The Kier molecular flexibility index (Phi) is 10.5. The number of hydrogen-bond acceptors (Lipinski definition) is 4. The smallest absolute Gasteiger partial charge is 0.272 e. The van der Waals surface area contributed by atoms with Crippen LogP contribution in [0.4, 0.5) is 11.4 Å². The number of nitrogens with zero attached hydrogens (tertiary/aromatic N) is 1. The van der Waals surface area contributed by atoms with Gasteiger partial charge in [-0.1, -0.05) is 96.6 Å². The Labute approximate surface area is 312 Å². The number of amides is 3. The van der Waals surface area contributed by atoms with Crippen molar-refractivity contribution >= 4 is 68.7 Å². The summed E-state index contributed by atoms with van der Waals surface area (Å²) in [5.41, 5.74) is 6.86. The molecule has 0 radical (unpaired) electrons. The maximum absolute atomic E-state index is 14.0. The SMILES string of the molecule is CCn1c2ccccc2c2cc(NC(=O)C(Sc3ccc(NC(=O)/C(=C/c4ccc(C)cc4)NC(=O)c4ccccc4)cc3)c3ccccc3)ccc21. The third-order valence-electron chi connectivity index (χ3n) is 8.98. The van der Waals surface area contributed by atoms with Gasteiger partial charge in [-0.25, -0.2) is 0 Å². The summed E-state index contributed by atoms with van der Waals surface area (Å²) in [4.78, 5) is 41.5. The summed E-state index contributed by atoms with van der Waals surface area (Å²) in [5.74, 6) is -0.989. The molecule has 1 atom stereocenters. The van der Waals surface area contributed by atoms with E-state index in [2.05, 4.69) is 51.7 Å². The lowest BCUT2D eigenvalue weighted by Crippen LogP contribution is -2.30. The molecule has 3 amide bonds. The van der Waals surface area contributed by atoms with E-state index in [0.29, 0.717) is 11.3 Å². The zero-order valence-corrected chi connectivity index (χ0v) is 30.2. The molecule has 262 valence electrons. The van der Waals surface area contributed by atoms with Gasteiger partial charge in [0.1, 0.15) is 10.9 Å². The molecule has 8 heteroatoms. The van der Waals surface area contributed by atoms with E-state index in [1.807, 2.05) is 97.9 Å². The molecule has 1 unspecified atom stereocenters. The van der Waals surface area contributed by atoms with Gasteiger partial charge in [-0.3, -0.25) is 14.4 Å². The quantitative estimate of drug-likeness (QED) is 0.0919. The van der Waals surface area contributed by atoms with Crippen LogP contribution in [0, 0.1) is 6.92 Å². The van der Waals surface area contributed by atoms with Gasteiger partial charge in [0.25, 0.3) is 11.8 Å². The lowest BCUT2D eigenvalue weighted by atomic mass is 10.1. The minimum absolute atomic E-state index is 0.111. The molecule has 53 heavy (non-hydrogen) atoms. The summed E-state index contributed by atoms with van der Waals surface area (Å²) in [6, 6.07) is 47.9. The van der Waals surface area contributed by atoms with Gasteiger partial charge in [0, 0.05) is 50.2 Å². The standard InChI is InChI=1S/C45H38N4O3S/c1-3-49-40-17-11-10-16-37(40)38-29-35(24-27-41(38)49)47-45(52)42(32-12-6-4-7-13-32)53-36-25-22-34(23-26-36)46-44(51)39(28-31-20-18-30(2)19-21-31)48-43(50)33-14-8-5-9-15-33/h4-29,42H,3H2,1-2H3,(H,46,51)(H,47,52)(H,48,50)/b39-28-. The van der Waals surface area contributed by atoms with Crippen molar-refractivity contribution in [1.29, 1.82) is 0 Å². The first kappa shape index (κ1) is 35.0. The summed E-state index contributed by atoms with van der Waals surface area (Å²) >= 11 is 1.43. The van der Waals surface area contributed by atoms with Gasteiger partial charge >= 0.3 is 0 Å². The number of benzene rings is 6. The summed E-state index contributed by atoms with van der Waals surface area (Å²) in [6.07, 6.45) is 1.66. The molecule has 0 aliphatic rings. The molecule has 0 aliphatic carbocycles. The topological polar surface area (TPSA) is 92.2 Å². The van der Waals surface area contributed by atoms with E-state index in [1.165, 1.54) is 17.3 Å². The van der Waals surface area contributed by atoms with Crippen LogP contribution < -0.4 is 16.0 Å². The first-order valence-electron chi connectivity index (χ1n) is 17.5. The summed E-state index contributed by atoms with van der Waals surface area (Å²) in [7, 11) is 0. The van der Waals surface area contributed by atoms with Crippen LogP contribution in [-0.2, 0) is 16.1 Å². The highest BCUT2D eigenvalue weighted by Crippen LogP contribution is 2.37. The largest absolute Gasteiger partial charge is 0.341 e. The summed E-state index contributed by atoms with van der Waals surface area (Å²) in [6.45, 7) is 4.97. The number of carbonyl (C=O) groups is 3. The third kappa shape index (κ3) is 8.08. The molecule has 7 nitrogen and oxygen atoms in total. The van der Waals surface area contributed by atoms with Crippen molar-refractivity contribution in [2.75, 3.05) is 10.6 Å². The molecule has 0 spiro atoms. The minimum atomic E-state index is -0.540. The molecule has 7 rings (SSSR count). The van der Waals surface area contributed by atoms with Crippen molar-refractivity contribution < 1.29 is 14.4 Å². The zero-order chi connectivity index (χ0) is 36.7. The number of carbonyl (C=O) groups excluding carboxylic acids is 3. The number of aryl methyl sites for hydroxylation is 2. The molecular formula is C45H38N4O3S. The van der Waals surface area contributed by atoms with Crippen molar-refractivity contribution in [2.24, 2.45) is 0 Å². The van der Waals surface area contributed by atoms with Gasteiger partial charge in [-0.2, -0.15) is 0 Å². The fourth-order valence-corrected chi connectivity index (χ4v) is 7.33. The van der Waals surface area contributed by atoms with Crippen molar-refractivity contribution in [2.45, 2.75) is 30.5 Å². The highest BCUT2D eigenvalue weighted by atomic mass is 32.2. The van der Waals surface area contributed by atoms with Gasteiger partial charge in [0.15, 0.2) is 0 Å². The summed E-state index contributed by atoms with van der Waals surface area (Å²) in [5, 5.41) is 10.6. The third-order valence-corrected chi connectivity index (χ3v) is 10.2. The van der Waals surface area contributed by atoms with Crippen LogP contribution in [0.25, 0.3) is 27.9 Å². The number of thioether (sulfide) groups is 1. The Morgan fingerprint density at radius 1 is 0.679 bits per heavy atom. The number of hydrogen-bond donors (Lipinski definition) is 3. The van der Waals surface area contributed by atoms with Crippen LogP contribution in [-0.4, -0.2) is 22.3 Å². The highest BCUT2D eigenvalue weighted by molar-refractivity contribution is 8.00. The van der Waals surface area contributed by atoms with E-state index in [0.717, 1.165) is 50.1 Å². The molecule has 0 fully saturated rings. The lowest BCUT2D eigenvalue weighted by Gasteiger charge is -2.18. The molecule has 6 aromatic carbocycles. The van der Waals surface area contributed by atoms with E-state index in [-0.39, 0.29) is 17.5 Å². The van der Waals surface area contributed by atoms with Crippen molar-refractivity contribution in [3.8, 4) is 0 Å². The average molecular weight is 715 g/mol. The maximum atomic E-state index is 14.0. The second-order valence-corrected chi connectivity index (χ2v) is 13.8. The molecule has 0 saturated heterocycles. The molecular weight excluding hydrogens is 677 g/mol. The Morgan fingerprint density at radius 3 is 2.04 bits per heavy atom. The van der Waals surface area contributed by atoms with Gasteiger partial charge in [0.2, 0.25) is 5.91 Å². The predicted molar refractivity (Wildman–Crippen MR) is 217 cm³/mol. The maximum Gasteiger partial charge on any atom is 0.272 e. The van der Waals surface area contributed by atoms with Crippen LogP contribution in [0.5, 0.6) is 0 Å². The Morgan fingerprint density at radius 2 is 1.32 bits per heavy atom. The van der Waals surface area contributed by atoms with Crippen LogP contribution in [0.15, 0.2) is 162 Å². The number of aromatic nitrogens is 1. The highest BCUT2D eigenvalue weighted by Gasteiger charge is 2.23. The van der Waals surface area contributed by atoms with E-state index >= 15 is 0 Å². The van der Waals surface area contributed by atoms with Crippen LogP contribution in [0.3, 0.4) is 0 Å². The van der Waals surface area contributed by atoms with E-state index in [9.17, 15) is 14.4 Å².